The fourth-order valence-electron chi connectivity index (χ4n) is 12.8. The third kappa shape index (κ3) is 8.17. The fourth-order valence-corrected chi connectivity index (χ4v) is 12.8. The van der Waals surface area contributed by atoms with Crippen molar-refractivity contribution in [1.29, 1.82) is 0 Å². The predicted molar refractivity (Wildman–Crippen MR) is 346 cm³/mol. The minimum atomic E-state index is 1.23. The van der Waals surface area contributed by atoms with Crippen LogP contribution in [0.5, 0.6) is 0 Å². The second-order valence-electron chi connectivity index (χ2n) is 21.0. The Hall–Kier alpha value is -10.4. The van der Waals surface area contributed by atoms with E-state index in [0.29, 0.717) is 0 Å². The molecular weight excluding hydrogens is 961 g/mol. The van der Waals surface area contributed by atoms with Crippen LogP contribution >= 0.6 is 0 Å². The van der Waals surface area contributed by atoms with Crippen molar-refractivity contribution >= 4 is 86.2 Å². The van der Waals surface area contributed by atoms with E-state index in [4.69, 9.17) is 0 Å². The summed E-state index contributed by atoms with van der Waals surface area (Å²) in [6.07, 6.45) is 0. The molecule has 0 aliphatic heterocycles. The van der Waals surface area contributed by atoms with Gasteiger partial charge in [-0.1, -0.05) is 291 Å². The van der Waals surface area contributed by atoms with Crippen molar-refractivity contribution < 1.29 is 0 Å². The maximum absolute atomic E-state index is 2.40. The lowest BCUT2D eigenvalue weighted by atomic mass is 9.83. The van der Waals surface area contributed by atoms with Gasteiger partial charge in [-0.15, -0.1) is 0 Å². The Morgan fingerprint density at radius 2 is 0.425 bits per heavy atom. The van der Waals surface area contributed by atoms with Gasteiger partial charge in [-0.25, -0.2) is 0 Å². The molecule has 0 amide bonds. The quantitative estimate of drug-likeness (QED) is 0.146. The van der Waals surface area contributed by atoms with Crippen molar-refractivity contribution in [1.82, 2.24) is 0 Å². The third-order valence-electron chi connectivity index (χ3n) is 16.5. The molecular formula is C80H52. The lowest BCUT2D eigenvalue weighted by Gasteiger charge is -2.20. The first-order valence-electron chi connectivity index (χ1n) is 27.7. The number of hydrogen-bond donors (Lipinski definition) is 0. The molecule has 372 valence electrons. The van der Waals surface area contributed by atoms with Crippen molar-refractivity contribution in [2.24, 2.45) is 0 Å². The molecule has 0 fully saturated rings. The highest BCUT2D eigenvalue weighted by molar-refractivity contribution is 6.26. The normalized spacial score (nSPS) is 11.5. The molecule has 0 saturated carbocycles. The van der Waals surface area contributed by atoms with Gasteiger partial charge in [0.05, 0.1) is 0 Å². The van der Waals surface area contributed by atoms with Crippen LogP contribution in [0.1, 0.15) is 0 Å². The van der Waals surface area contributed by atoms with Gasteiger partial charge in [0.2, 0.25) is 0 Å². The molecule has 0 bridgehead atoms. The molecule has 0 atom stereocenters. The van der Waals surface area contributed by atoms with Crippen LogP contribution < -0.4 is 0 Å². The van der Waals surface area contributed by atoms with E-state index in [-0.39, 0.29) is 0 Å². The Balaban J connectivity index is 0.000000138. The molecule has 80 heavy (non-hydrogen) atoms. The molecule has 16 aromatic carbocycles. The van der Waals surface area contributed by atoms with Gasteiger partial charge in [-0.2, -0.15) is 0 Å². The van der Waals surface area contributed by atoms with Crippen molar-refractivity contribution in [2.45, 2.75) is 0 Å². The maximum Gasteiger partial charge on any atom is -0.00199 e. The van der Waals surface area contributed by atoms with Crippen molar-refractivity contribution in [3.63, 3.8) is 0 Å². The van der Waals surface area contributed by atoms with Crippen LogP contribution in [0.2, 0.25) is 0 Å². The second kappa shape index (κ2) is 19.9. The molecule has 0 N–H and O–H groups in total. The minimum Gasteiger partial charge on any atom is -0.0622 e. The Morgan fingerprint density at radius 3 is 0.887 bits per heavy atom. The summed E-state index contributed by atoms with van der Waals surface area (Å²) >= 11 is 0. The van der Waals surface area contributed by atoms with Crippen LogP contribution in [0.15, 0.2) is 315 Å². The summed E-state index contributed by atoms with van der Waals surface area (Å²) in [5.41, 5.74) is 15.1. The standard InChI is InChI=1S/2C40H26/c1-2-11-27(12-3-1)31-23-24-37-38(26-31)39(32-22-21-28-13-4-5-15-30(28)25-32)35-18-8-9-19-36(35)40(37)34-20-10-16-29-14-6-7-17-33(29)34;1-2-11-27(12-3-1)31-23-24-37-38(26-31)40(34-20-10-16-29-14-6-7-17-33(29)34)36-19-9-8-18-35(36)39(37)32-22-21-28-13-4-5-15-30(28)25-32/h2*1-26H. The number of benzene rings is 16. The zero-order valence-corrected chi connectivity index (χ0v) is 44.0. The lowest BCUT2D eigenvalue weighted by molar-refractivity contribution is 1.64. The number of fused-ring (bicyclic) bond motifs is 8. The van der Waals surface area contributed by atoms with E-state index < -0.39 is 0 Å². The van der Waals surface area contributed by atoms with Crippen LogP contribution in [0.4, 0.5) is 0 Å². The van der Waals surface area contributed by atoms with E-state index >= 15 is 0 Å². The van der Waals surface area contributed by atoms with E-state index in [1.165, 1.54) is 153 Å². The first-order valence-corrected chi connectivity index (χ1v) is 27.7. The van der Waals surface area contributed by atoms with E-state index in [1.807, 2.05) is 0 Å². The fraction of sp³-hybridized carbons (Fsp3) is 0. The third-order valence-corrected chi connectivity index (χ3v) is 16.5. The Labute approximate surface area is 465 Å². The molecule has 0 aromatic heterocycles. The van der Waals surface area contributed by atoms with Gasteiger partial charge in [0.15, 0.2) is 0 Å². The Bertz CT molecular complexity index is 5040. The van der Waals surface area contributed by atoms with E-state index in [1.54, 1.807) is 0 Å². The highest BCUT2D eigenvalue weighted by Gasteiger charge is 2.21. The Morgan fingerprint density at radius 1 is 0.125 bits per heavy atom. The van der Waals surface area contributed by atoms with E-state index in [9.17, 15) is 0 Å². The SMILES string of the molecule is c1ccc(-c2ccc3c(-c4ccc5ccccc5c4)c4ccccc4c(-c4cccc5ccccc45)c3c2)cc1.c1ccc(-c2ccc3c(-c4cccc5ccccc45)c4ccccc4c(-c4ccc5ccccc5c4)c3c2)cc1. The molecule has 0 nitrogen and oxygen atoms in total. The molecule has 0 aliphatic rings. The topological polar surface area (TPSA) is 0 Å². The molecule has 0 radical (unpaired) electrons. The molecule has 0 aliphatic carbocycles. The molecule has 0 spiro atoms. The van der Waals surface area contributed by atoms with Crippen LogP contribution in [0.3, 0.4) is 0 Å². The van der Waals surface area contributed by atoms with Gasteiger partial charge in [-0.3, -0.25) is 0 Å². The summed E-state index contributed by atoms with van der Waals surface area (Å²) < 4.78 is 0. The maximum atomic E-state index is 2.40. The number of hydrogen-bond acceptors (Lipinski definition) is 0. The van der Waals surface area contributed by atoms with Gasteiger partial charge >= 0.3 is 0 Å². The summed E-state index contributed by atoms with van der Waals surface area (Å²) in [7, 11) is 0. The monoisotopic (exact) mass is 1010 g/mol. The second-order valence-corrected chi connectivity index (χ2v) is 21.0. The zero-order chi connectivity index (χ0) is 52.9. The van der Waals surface area contributed by atoms with Crippen LogP contribution in [-0.4, -0.2) is 0 Å². The largest absolute Gasteiger partial charge is 0.0622 e. The van der Waals surface area contributed by atoms with Crippen molar-refractivity contribution in [3.8, 4) is 66.8 Å². The van der Waals surface area contributed by atoms with Crippen molar-refractivity contribution in [3.05, 3.63) is 315 Å². The van der Waals surface area contributed by atoms with Crippen LogP contribution in [0, 0.1) is 0 Å². The molecule has 16 aromatic rings. The summed E-state index contributed by atoms with van der Waals surface area (Å²) in [5.74, 6) is 0. The average molecular weight is 1010 g/mol. The summed E-state index contributed by atoms with van der Waals surface area (Å²) in [6.45, 7) is 0. The number of rotatable bonds is 6. The summed E-state index contributed by atoms with van der Waals surface area (Å²) in [4.78, 5) is 0. The van der Waals surface area contributed by atoms with Crippen LogP contribution in [-0.2, 0) is 0 Å². The Kier molecular flexibility index (Phi) is 11.6. The first-order chi connectivity index (χ1) is 39.7. The molecule has 0 unspecified atom stereocenters. The van der Waals surface area contributed by atoms with Gasteiger partial charge < -0.3 is 0 Å². The summed E-state index contributed by atoms with van der Waals surface area (Å²) in [6, 6.07) is 115. The zero-order valence-electron chi connectivity index (χ0n) is 44.0. The van der Waals surface area contributed by atoms with Crippen molar-refractivity contribution in [2.75, 3.05) is 0 Å². The van der Waals surface area contributed by atoms with Gasteiger partial charge in [0, 0.05) is 0 Å². The molecule has 16 rings (SSSR count). The average Bonchev–Trinajstić information content (AvgIpc) is 3.72. The highest BCUT2D eigenvalue weighted by atomic mass is 14.2. The highest BCUT2D eigenvalue weighted by Crippen LogP contribution is 2.49. The van der Waals surface area contributed by atoms with Gasteiger partial charge in [0.1, 0.15) is 0 Å². The first kappa shape index (κ1) is 46.9. The molecule has 0 heterocycles. The molecule has 0 heteroatoms. The van der Waals surface area contributed by atoms with Gasteiger partial charge in [0.25, 0.3) is 0 Å². The van der Waals surface area contributed by atoms with E-state index in [2.05, 4.69) is 315 Å². The lowest BCUT2D eigenvalue weighted by Crippen LogP contribution is -1.92. The predicted octanol–water partition coefficient (Wildman–Crippen LogP) is 22.6. The summed E-state index contributed by atoms with van der Waals surface area (Å²) in [5, 5.41) is 20.3. The van der Waals surface area contributed by atoms with E-state index in [0.717, 1.165) is 0 Å². The minimum absolute atomic E-state index is 1.23. The smallest absolute Gasteiger partial charge is 0.00199 e. The van der Waals surface area contributed by atoms with Crippen LogP contribution in [0.25, 0.3) is 153 Å². The van der Waals surface area contributed by atoms with Gasteiger partial charge in [-0.05, 0) is 177 Å². The molecule has 0 saturated heterocycles.